The van der Waals surface area contributed by atoms with Crippen LogP contribution in [0.25, 0.3) is 22.9 Å². The Bertz CT molecular complexity index is 669. The summed E-state index contributed by atoms with van der Waals surface area (Å²) in [5.41, 5.74) is 0. The summed E-state index contributed by atoms with van der Waals surface area (Å²) in [7, 11) is 0. The van der Waals surface area contributed by atoms with E-state index in [9.17, 15) is 0 Å². The summed E-state index contributed by atoms with van der Waals surface area (Å²) in [6, 6.07) is 8.51. The van der Waals surface area contributed by atoms with Gasteiger partial charge in [-0.2, -0.15) is 0 Å². The molecule has 0 spiro atoms. The number of pyridine rings is 1. The lowest BCUT2D eigenvalue weighted by Gasteiger charge is -2.02. The summed E-state index contributed by atoms with van der Waals surface area (Å²) in [6.07, 6.45) is 8.06. The van der Waals surface area contributed by atoms with Crippen LogP contribution >= 0.6 is 0 Å². The topological polar surface area (TPSA) is 12.9 Å². The van der Waals surface area contributed by atoms with Gasteiger partial charge in [0.05, 0.1) is 5.35 Å². The van der Waals surface area contributed by atoms with E-state index in [1.807, 2.05) is 20.0 Å². The standard InChI is InChI=1S/C14H11N.C2H6/c1-2-4-12-9(3-1)8-15-14-7-11-5-10(11)6-13(12)14;1-2/h1-4,6-8,10-11H,5H2;1-2H3. The minimum absolute atomic E-state index is 0.783. The first kappa shape index (κ1) is 10.5. The summed E-state index contributed by atoms with van der Waals surface area (Å²) in [4.78, 5) is 4.54. The van der Waals surface area contributed by atoms with Gasteiger partial charge in [0, 0.05) is 16.8 Å². The molecule has 2 aromatic rings. The van der Waals surface area contributed by atoms with E-state index in [0.717, 1.165) is 11.8 Å². The maximum Gasteiger partial charge on any atom is 0.0668 e. The van der Waals surface area contributed by atoms with Gasteiger partial charge in [-0.25, -0.2) is 0 Å². The van der Waals surface area contributed by atoms with Crippen molar-refractivity contribution < 1.29 is 0 Å². The summed E-state index contributed by atoms with van der Waals surface area (Å²) in [5, 5.41) is 5.14. The summed E-state index contributed by atoms with van der Waals surface area (Å²) in [5.74, 6) is 1.58. The van der Waals surface area contributed by atoms with Crippen LogP contribution in [0.3, 0.4) is 0 Å². The Hall–Kier alpha value is -1.63. The molecular weight excluding hydrogens is 206 g/mol. The minimum atomic E-state index is 0.783. The normalized spacial score (nSPS) is 23.4. The average Bonchev–Trinajstić information content (AvgIpc) is 3.16. The third-order valence-corrected chi connectivity index (χ3v) is 3.51. The minimum Gasteiger partial charge on any atom is -0.256 e. The van der Waals surface area contributed by atoms with E-state index in [4.69, 9.17) is 0 Å². The molecule has 0 saturated heterocycles. The number of rotatable bonds is 0. The fourth-order valence-corrected chi connectivity index (χ4v) is 2.55. The zero-order valence-corrected chi connectivity index (χ0v) is 10.4. The van der Waals surface area contributed by atoms with Crippen LogP contribution in [0.5, 0.6) is 0 Å². The Morgan fingerprint density at radius 3 is 2.71 bits per heavy atom. The van der Waals surface area contributed by atoms with Gasteiger partial charge in [-0.15, -0.1) is 0 Å². The van der Waals surface area contributed by atoms with E-state index in [2.05, 4.69) is 41.4 Å². The van der Waals surface area contributed by atoms with Gasteiger partial charge in [0.1, 0.15) is 0 Å². The molecule has 2 aliphatic carbocycles. The van der Waals surface area contributed by atoms with Crippen LogP contribution < -0.4 is 10.6 Å². The smallest absolute Gasteiger partial charge is 0.0668 e. The van der Waals surface area contributed by atoms with Crippen molar-refractivity contribution >= 4 is 22.9 Å². The SMILES string of the molecule is C1=c2ncc3ccccc3c2=CC2CC12.CC. The van der Waals surface area contributed by atoms with Crippen LogP contribution in [0.2, 0.25) is 0 Å². The van der Waals surface area contributed by atoms with Gasteiger partial charge < -0.3 is 0 Å². The van der Waals surface area contributed by atoms with Crippen LogP contribution in [-0.2, 0) is 0 Å². The third kappa shape index (κ3) is 1.66. The van der Waals surface area contributed by atoms with E-state index in [1.165, 1.54) is 27.8 Å². The van der Waals surface area contributed by atoms with Crippen molar-refractivity contribution in [1.82, 2.24) is 4.98 Å². The summed E-state index contributed by atoms with van der Waals surface area (Å²) >= 11 is 0. The summed E-state index contributed by atoms with van der Waals surface area (Å²) < 4.78 is 0. The summed E-state index contributed by atoms with van der Waals surface area (Å²) in [6.45, 7) is 4.00. The largest absolute Gasteiger partial charge is 0.256 e. The second kappa shape index (κ2) is 3.99. The molecule has 0 aliphatic heterocycles. The fraction of sp³-hybridized carbons (Fsp3) is 0.312. The molecule has 0 radical (unpaired) electrons. The Balaban J connectivity index is 0.000000431. The monoisotopic (exact) mass is 223 g/mol. The van der Waals surface area contributed by atoms with Crippen molar-refractivity contribution in [3.05, 3.63) is 41.0 Å². The molecule has 2 unspecified atom stereocenters. The van der Waals surface area contributed by atoms with Crippen LogP contribution in [0.4, 0.5) is 0 Å². The highest BCUT2D eigenvalue weighted by atomic mass is 14.7. The molecule has 0 bridgehead atoms. The first-order valence-corrected chi connectivity index (χ1v) is 6.49. The molecule has 17 heavy (non-hydrogen) atoms. The molecule has 4 rings (SSSR count). The number of hydrogen-bond donors (Lipinski definition) is 0. The molecule has 1 heterocycles. The van der Waals surface area contributed by atoms with Gasteiger partial charge in [0.15, 0.2) is 0 Å². The second-order valence-corrected chi connectivity index (χ2v) is 4.54. The van der Waals surface area contributed by atoms with Crippen LogP contribution in [0.15, 0.2) is 30.5 Å². The lowest BCUT2D eigenvalue weighted by atomic mass is 10.1. The second-order valence-electron chi connectivity index (χ2n) is 4.54. The van der Waals surface area contributed by atoms with Crippen molar-refractivity contribution in [3.8, 4) is 0 Å². The highest BCUT2D eigenvalue weighted by Gasteiger charge is 2.34. The van der Waals surface area contributed by atoms with E-state index < -0.39 is 0 Å². The molecule has 1 aromatic carbocycles. The van der Waals surface area contributed by atoms with Gasteiger partial charge in [-0.05, 0) is 23.6 Å². The predicted molar refractivity (Wildman–Crippen MR) is 72.9 cm³/mol. The number of hydrogen-bond acceptors (Lipinski definition) is 1. The van der Waals surface area contributed by atoms with Gasteiger partial charge in [-0.3, -0.25) is 4.98 Å². The highest BCUT2D eigenvalue weighted by molar-refractivity contribution is 5.83. The van der Waals surface area contributed by atoms with Crippen LogP contribution in [-0.4, -0.2) is 4.98 Å². The van der Waals surface area contributed by atoms with E-state index in [0.29, 0.717) is 0 Å². The van der Waals surface area contributed by atoms with E-state index >= 15 is 0 Å². The Morgan fingerprint density at radius 2 is 1.82 bits per heavy atom. The molecule has 1 nitrogen and oxygen atoms in total. The molecule has 1 fully saturated rings. The maximum atomic E-state index is 4.54. The lowest BCUT2D eigenvalue weighted by Crippen LogP contribution is -2.31. The Labute approximate surface area is 102 Å². The van der Waals surface area contributed by atoms with Crippen LogP contribution in [0.1, 0.15) is 20.3 Å². The molecular formula is C16H17N. The van der Waals surface area contributed by atoms with Gasteiger partial charge in [-0.1, -0.05) is 50.3 Å². The molecule has 1 aromatic heterocycles. The number of nitrogens with zero attached hydrogens (tertiary/aromatic N) is 1. The fourth-order valence-electron chi connectivity index (χ4n) is 2.55. The molecule has 2 atom stereocenters. The third-order valence-electron chi connectivity index (χ3n) is 3.51. The van der Waals surface area contributed by atoms with Crippen molar-refractivity contribution in [2.75, 3.05) is 0 Å². The maximum absolute atomic E-state index is 4.54. The molecule has 0 amide bonds. The van der Waals surface area contributed by atoms with Crippen molar-refractivity contribution in [1.29, 1.82) is 0 Å². The highest BCUT2D eigenvalue weighted by Crippen LogP contribution is 2.41. The Kier molecular flexibility index (Phi) is 2.47. The Morgan fingerprint density at radius 1 is 1.06 bits per heavy atom. The number of fused-ring (bicyclic) bond motifs is 4. The van der Waals surface area contributed by atoms with E-state index in [-0.39, 0.29) is 0 Å². The lowest BCUT2D eigenvalue weighted by molar-refractivity contribution is 1.04. The molecule has 1 heteroatoms. The first-order valence-electron chi connectivity index (χ1n) is 6.49. The molecule has 86 valence electrons. The average molecular weight is 223 g/mol. The van der Waals surface area contributed by atoms with Gasteiger partial charge in [0.2, 0.25) is 0 Å². The quantitative estimate of drug-likeness (QED) is 0.668. The number of benzene rings is 1. The van der Waals surface area contributed by atoms with Crippen molar-refractivity contribution in [3.63, 3.8) is 0 Å². The zero-order chi connectivity index (χ0) is 11.8. The predicted octanol–water partition coefficient (Wildman–Crippen LogP) is 2.47. The number of aromatic nitrogens is 1. The first-order chi connectivity index (χ1) is 8.42. The van der Waals surface area contributed by atoms with Crippen LogP contribution in [0, 0.1) is 11.8 Å². The van der Waals surface area contributed by atoms with E-state index in [1.54, 1.807) is 0 Å². The molecule has 2 aliphatic rings. The zero-order valence-electron chi connectivity index (χ0n) is 10.4. The van der Waals surface area contributed by atoms with Crippen molar-refractivity contribution in [2.24, 2.45) is 11.8 Å². The van der Waals surface area contributed by atoms with Crippen molar-refractivity contribution in [2.45, 2.75) is 20.3 Å². The van der Waals surface area contributed by atoms with Gasteiger partial charge >= 0.3 is 0 Å². The molecule has 0 N–H and O–H groups in total. The molecule has 1 saturated carbocycles. The van der Waals surface area contributed by atoms with Gasteiger partial charge in [0.25, 0.3) is 0 Å².